The van der Waals surface area contributed by atoms with E-state index in [0.717, 1.165) is 5.39 Å². The van der Waals surface area contributed by atoms with Gasteiger partial charge >= 0.3 is 0 Å². The lowest BCUT2D eigenvalue weighted by Crippen LogP contribution is -2.17. The molecule has 0 atom stereocenters. The maximum atomic E-state index is 9.84. The van der Waals surface area contributed by atoms with Gasteiger partial charge in [0, 0.05) is 22.7 Å². The molecule has 74 valence electrons. The van der Waals surface area contributed by atoms with E-state index in [0.29, 0.717) is 16.8 Å². The van der Waals surface area contributed by atoms with E-state index in [2.05, 4.69) is 5.16 Å². The van der Waals surface area contributed by atoms with Crippen LogP contribution in [0.4, 0.5) is 5.69 Å². The van der Waals surface area contributed by atoms with Crippen molar-refractivity contribution in [2.24, 2.45) is 0 Å². The van der Waals surface area contributed by atoms with Crippen LogP contribution >= 0.6 is 0 Å². The summed E-state index contributed by atoms with van der Waals surface area (Å²) in [4.78, 5) is 0. The summed E-state index contributed by atoms with van der Waals surface area (Å²) >= 11 is 0. The van der Waals surface area contributed by atoms with Crippen LogP contribution < -0.4 is 5.73 Å². The summed E-state index contributed by atoms with van der Waals surface area (Å²) in [7, 11) is 0. The first-order valence-corrected chi connectivity index (χ1v) is 4.35. The van der Waals surface area contributed by atoms with Crippen LogP contribution in [-0.2, 0) is 5.60 Å². The zero-order valence-corrected chi connectivity index (χ0v) is 8.11. The van der Waals surface area contributed by atoms with Crippen molar-refractivity contribution in [1.82, 2.24) is 5.16 Å². The quantitative estimate of drug-likeness (QED) is 0.673. The lowest BCUT2D eigenvalue weighted by molar-refractivity contribution is 0.0795. The van der Waals surface area contributed by atoms with E-state index < -0.39 is 5.60 Å². The van der Waals surface area contributed by atoms with Gasteiger partial charge in [-0.25, -0.2) is 0 Å². The second-order valence-corrected chi connectivity index (χ2v) is 3.86. The van der Waals surface area contributed by atoms with Crippen molar-refractivity contribution in [3.05, 3.63) is 23.9 Å². The molecule has 0 fully saturated rings. The molecule has 3 N–H and O–H groups in total. The van der Waals surface area contributed by atoms with Gasteiger partial charge in [0.05, 0.1) is 11.8 Å². The number of rotatable bonds is 1. The highest BCUT2D eigenvalue weighted by molar-refractivity contribution is 5.81. The SMILES string of the molecule is CC(C)(O)c1cc2cnoc2cc1N. The second-order valence-electron chi connectivity index (χ2n) is 3.86. The van der Waals surface area contributed by atoms with Crippen LogP contribution in [0.1, 0.15) is 19.4 Å². The Hall–Kier alpha value is -1.55. The number of aromatic nitrogens is 1. The molecule has 2 aromatic rings. The Kier molecular flexibility index (Phi) is 1.75. The molecule has 0 unspecified atom stereocenters. The topological polar surface area (TPSA) is 72.3 Å². The van der Waals surface area contributed by atoms with Crippen molar-refractivity contribution in [3.63, 3.8) is 0 Å². The van der Waals surface area contributed by atoms with Crippen LogP contribution in [0, 0.1) is 0 Å². The third-order valence-corrected chi connectivity index (χ3v) is 2.18. The maximum Gasteiger partial charge on any atom is 0.168 e. The van der Waals surface area contributed by atoms with E-state index in [1.807, 2.05) is 0 Å². The molecule has 0 bridgehead atoms. The zero-order valence-electron chi connectivity index (χ0n) is 8.11. The second kappa shape index (κ2) is 2.72. The molecule has 0 saturated carbocycles. The molecule has 2 rings (SSSR count). The Morgan fingerprint density at radius 2 is 2.14 bits per heavy atom. The fraction of sp³-hybridized carbons (Fsp3) is 0.300. The molecular weight excluding hydrogens is 180 g/mol. The van der Waals surface area contributed by atoms with Crippen LogP contribution in [0.15, 0.2) is 22.9 Å². The van der Waals surface area contributed by atoms with Gasteiger partial charge in [-0.15, -0.1) is 0 Å². The van der Waals surface area contributed by atoms with Crippen molar-refractivity contribution in [3.8, 4) is 0 Å². The third kappa shape index (κ3) is 1.33. The summed E-state index contributed by atoms with van der Waals surface area (Å²) in [5.74, 6) is 0. The van der Waals surface area contributed by atoms with Gasteiger partial charge in [-0.2, -0.15) is 0 Å². The first-order valence-electron chi connectivity index (χ1n) is 4.35. The largest absolute Gasteiger partial charge is 0.398 e. The van der Waals surface area contributed by atoms with Gasteiger partial charge in [-0.05, 0) is 19.9 Å². The molecule has 4 heteroatoms. The number of anilines is 1. The van der Waals surface area contributed by atoms with Gasteiger partial charge in [-0.1, -0.05) is 5.16 Å². The normalized spacial score (nSPS) is 12.2. The molecule has 0 amide bonds. The van der Waals surface area contributed by atoms with Crippen LogP contribution in [0.3, 0.4) is 0 Å². The standard InChI is InChI=1S/C10H12N2O2/c1-10(2,13)7-3-6-5-12-14-9(6)4-8(7)11/h3-5,13H,11H2,1-2H3. The molecule has 0 aliphatic heterocycles. The lowest BCUT2D eigenvalue weighted by atomic mass is 9.95. The molecule has 0 radical (unpaired) electrons. The summed E-state index contributed by atoms with van der Waals surface area (Å²) in [5, 5.41) is 14.3. The van der Waals surface area contributed by atoms with Gasteiger partial charge < -0.3 is 15.4 Å². The Labute approximate surface area is 81.3 Å². The summed E-state index contributed by atoms with van der Waals surface area (Å²) in [5.41, 5.74) is 6.67. The zero-order chi connectivity index (χ0) is 10.3. The van der Waals surface area contributed by atoms with Crippen molar-refractivity contribution >= 4 is 16.7 Å². The highest BCUT2D eigenvalue weighted by Gasteiger charge is 2.20. The number of aliphatic hydroxyl groups is 1. The highest BCUT2D eigenvalue weighted by atomic mass is 16.5. The first kappa shape index (κ1) is 9.02. The molecule has 0 spiro atoms. The summed E-state index contributed by atoms with van der Waals surface area (Å²) in [6, 6.07) is 3.47. The minimum absolute atomic E-state index is 0.516. The molecular formula is C10H12N2O2. The Morgan fingerprint density at radius 3 is 2.79 bits per heavy atom. The van der Waals surface area contributed by atoms with Crippen LogP contribution in [0.2, 0.25) is 0 Å². The van der Waals surface area contributed by atoms with E-state index >= 15 is 0 Å². The summed E-state index contributed by atoms with van der Waals surface area (Å²) in [6.07, 6.45) is 1.60. The first-order chi connectivity index (χ1) is 6.48. The predicted octanol–water partition coefficient (Wildman–Crippen LogP) is 1.64. The number of hydrogen-bond donors (Lipinski definition) is 2. The number of hydrogen-bond acceptors (Lipinski definition) is 4. The average Bonchev–Trinajstić information content (AvgIpc) is 2.47. The molecule has 1 heterocycles. The Morgan fingerprint density at radius 1 is 1.43 bits per heavy atom. The minimum Gasteiger partial charge on any atom is -0.398 e. The third-order valence-electron chi connectivity index (χ3n) is 2.18. The number of nitrogens with two attached hydrogens (primary N) is 1. The minimum atomic E-state index is -0.949. The van der Waals surface area contributed by atoms with Crippen LogP contribution in [0.25, 0.3) is 11.0 Å². The average molecular weight is 192 g/mol. The molecule has 0 aliphatic carbocycles. The van der Waals surface area contributed by atoms with E-state index in [4.69, 9.17) is 10.3 Å². The Bertz CT molecular complexity index is 468. The molecule has 4 nitrogen and oxygen atoms in total. The summed E-state index contributed by atoms with van der Waals surface area (Å²) < 4.78 is 4.95. The molecule has 0 aliphatic rings. The van der Waals surface area contributed by atoms with Crippen molar-refractivity contribution in [2.45, 2.75) is 19.4 Å². The van der Waals surface area contributed by atoms with Crippen molar-refractivity contribution < 1.29 is 9.63 Å². The van der Waals surface area contributed by atoms with Gasteiger partial charge in [0.25, 0.3) is 0 Å². The number of fused-ring (bicyclic) bond motifs is 1. The van der Waals surface area contributed by atoms with Crippen LogP contribution in [-0.4, -0.2) is 10.3 Å². The molecule has 0 saturated heterocycles. The number of nitrogens with zero attached hydrogens (tertiary/aromatic N) is 1. The highest BCUT2D eigenvalue weighted by Crippen LogP contribution is 2.29. The molecule has 14 heavy (non-hydrogen) atoms. The molecule has 1 aromatic heterocycles. The number of nitrogen functional groups attached to an aromatic ring is 1. The van der Waals surface area contributed by atoms with E-state index in [-0.39, 0.29) is 0 Å². The van der Waals surface area contributed by atoms with Gasteiger partial charge in [-0.3, -0.25) is 0 Å². The Balaban J connectivity index is 2.71. The fourth-order valence-electron chi connectivity index (χ4n) is 1.46. The fourth-order valence-corrected chi connectivity index (χ4v) is 1.46. The van der Waals surface area contributed by atoms with Gasteiger partial charge in [0.2, 0.25) is 0 Å². The van der Waals surface area contributed by atoms with E-state index in [9.17, 15) is 5.11 Å². The van der Waals surface area contributed by atoms with E-state index in [1.165, 1.54) is 0 Å². The van der Waals surface area contributed by atoms with Gasteiger partial charge in [0.15, 0.2) is 5.58 Å². The maximum absolute atomic E-state index is 9.84. The lowest BCUT2D eigenvalue weighted by Gasteiger charge is -2.19. The van der Waals surface area contributed by atoms with Crippen molar-refractivity contribution in [2.75, 3.05) is 5.73 Å². The predicted molar refractivity (Wildman–Crippen MR) is 53.7 cm³/mol. The molecule has 1 aromatic carbocycles. The van der Waals surface area contributed by atoms with Gasteiger partial charge in [0.1, 0.15) is 0 Å². The van der Waals surface area contributed by atoms with Crippen LogP contribution in [0.5, 0.6) is 0 Å². The van der Waals surface area contributed by atoms with Crippen molar-refractivity contribution in [1.29, 1.82) is 0 Å². The van der Waals surface area contributed by atoms with E-state index in [1.54, 1.807) is 32.2 Å². The monoisotopic (exact) mass is 192 g/mol. The smallest absolute Gasteiger partial charge is 0.168 e. The number of benzene rings is 1. The summed E-state index contributed by atoms with van der Waals surface area (Å²) in [6.45, 7) is 3.38.